The summed E-state index contributed by atoms with van der Waals surface area (Å²) in [4.78, 5) is 0. The second-order valence-corrected chi connectivity index (χ2v) is 4.57. The van der Waals surface area contributed by atoms with E-state index in [1.807, 2.05) is 13.8 Å². The topological polar surface area (TPSA) is 21.3 Å². The maximum atomic E-state index is 13.8. The van der Waals surface area contributed by atoms with Crippen LogP contribution >= 0.6 is 0 Å². The van der Waals surface area contributed by atoms with Gasteiger partial charge < -0.3 is 10.1 Å². The van der Waals surface area contributed by atoms with Crippen LogP contribution < -0.4 is 5.32 Å². The summed E-state index contributed by atoms with van der Waals surface area (Å²) in [6, 6.07) is 3.39. The molecule has 0 fully saturated rings. The number of nitrogens with one attached hydrogen (secondary N) is 1. The van der Waals surface area contributed by atoms with Gasteiger partial charge in [-0.05, 0) is 44.0 Å². The Bertz CT molecular complexity index is 371. The van der Waals surface area contributed by atoms with Crippen molar-refractivity contribution in [2.75, 3.05) is 19.8 Å². The predicted octanol–water partition coefficient (Wildman–Crippen LogP) is 3.82. The van der Waals surface area contributed by atoms with E-state index in [1.54, 1.807) is 0 Å². The summed E-state index contributed by atoms with van der Waals surface area (Å²) >= 11 is 0. The van der Waals surface area contributed by atoms with Crippen LogP contribution in [0.2, 0.25) is 0 Å². The third-order valence-electron chi connectivity index (χ3n) is 2.87. The normalized spacial score (nSPS) is 12.6. The number of hydrogen-bond acceptors (Lipinski definition) is 2. The largest absolute Gasteiger partial charge is 0.381 e. The third-order valence-corrected chi connectivity index (χ3v) is 2.87. The van der Waals surface area contributed by atoms with E-state index in [0.29, 0.717) is 25.2 Å². The Hall–Kier alpha value is -1.00. The highest BCUT2D eigenvalue weighted by Gasteiger charge is 2.15. The van der Waals surface area contributed by atoms with Gasteiger partial charge in [-0.25, -0.2) is 8.78 Å². The van der Waals surface area contributed by atoms with Crippen LogP contribution in [-0.2, 0) is 4.74 Å². The molecule has 1 aromatic rings. The van der Waals surface area contributed by atoms with E-state index in [0.717, 1.165) is 25.5 Å². The number of rotatable bonds is 9. The minimum absolute atomic E-state index is 0.201. The highest BCUT2D eigenvalue weighted by molar-refractivity contribution is 5.22. The van der Waals surface area contributed by atoms with Crippen LogP contribution in [0, 0.1) is 11.6 Å². The van der Waals surface area contributed by atoms with Crippen LogP contribution in [0.4, 0.5) is 8.78 Å². The van der Waals surface area contributed by atoms with E-state index in [-0.39, 0.29) is 11.9 Å². The fourth-order valence-electron chi connectivity index (χ4n) is 1.92. The molecule has 0 saturated heterocycles. The fraction of sp³-hybridized carbons (Fsp3) is 0.600. The minimum Gasteiger partial charge on any atom is -0.381 e. The Morgan fingerprint density at radius 3 is 2.63 bits per heavy atom. The van der Waals surface area contributed by atoms with Crippen molar-refractivity contribution in [3.63, 3.8) is 0 Å². The van der Waals surface area contributed by atoms with E-state index in [2.05, 4.69) is 5.32 Å². The Balaban J connectivity index is 2.68. The molecule has 0 amide bonds. The van der Waals surface area contributed by atoms with Crippen molar-refractivity contribution in [2.24, 2.45) is 0 Å². The molecule has 1 unspecified atom stereocenters. The molecule has 1 N–H and O–H groups in total. The highest BCUT2D eigenvalue weighted by Crippen LogP contribution is 2.21. The van der Waals surface area contributed by atoms with Gasteiger partial charge in [0.15, 0.2) is 0 Å². The van der Waals surface area contributed by atoms with Crippen LogP contribution in [0.3, 0.4) is 0 Å². The smallest absolute Gasteiger partial charge is 0.128 e. The van der Waals surface area contributed by atoms with Crippen LogP contribution in [0.15, 0.2) is 18.2 Å². The van der Waals surface area contributed by atoms with Crippen LogP contribution in [0.25, 0.3) is 0 Å². The van der Waals surface area contributed by atoms with Gasteiger partial charge in [-0.1, -0.05) is 13.8 Å². The molecule has 0 spiro atoms. The van der Waals surface area contributed by atoms with E-state index in [1.165, 1.54) is 12.1 Å². The van der Waals surface area contributed by atoms with Crippen LogP contribution in [0.5, 0.6) is 0 Å². The zero-order valence-electron chi connectivity index (χ0n) is 11.7. The Morgan fingerprint density at radius 1 is 1.16 bits per heavy atom. The standard InChI is InChI=1S/C15H23F2NO/c1-3-8-18-15(7-10-19-9-4-2)13-11-12(16)5-6-14(13)17/h5-6,11,15,18H,3-4,7-10H2,1-2H3. The van der Waals surface area contributed by atoms with Crippen molar-refractivity contribution >= 4 is 0 Å². The molecule has 0 radical (unpaired) electrons. The molecule has 0 aliphatic heterocycles. The van der Waals surface area contributed by atoms with Gasteiger partial charge in [0.05, 0.1) is 0 Å². The van der Waals surface area contributed by atoms with Gasteiger partial charge in [-0.2, -0.15) is 0 Å². The summed E-state index contributed by atoms with van der Waals surface area (Å²) in [6.45, 7) is 6.10. The molecule has 19 heavy (non-hydrogen) atoms. The summed E-state index contributed by atoms with van der Waals surface area (Å²) in [5.41, 5.74) is 0.383. The van der Waals surface area contributed by atoms with Gasteiger partial charge in [0.2, 0.25) is 0 Å². The quantitative estimate of drug-likeness (QED) is 0.689. The number of halogens is 2. The number of ether oxygens (including phenoxy) is 1. The summed E-state index contributed by atoms with van der Waals surface area (Å²) in [5.74, 6) is -0.778. The van der Waals surface area contributed by atoms with Crippen molar-refractivity contribution in [2.45, 2.75) is 39.2 Å². The lowest BCUT2D eigenvalue weighted by atomic mass is 10.0. The second kappa shape index (κ2) is 8.99. The second-order valence-electron chi connectivity index (χ2n) is 4.57. The molecular weight excluding hydrogens is 248 g/mol. The summed E-state index contributed by atoms with van der Waals surface area (Å²) in [5, 5.41) is 3.24. The van der Waals surface area contributed by atoms with Crippen molar-refractivity contribution in [1.82, 2.24) is 5.32 Å². The minimum atomic E-state index is -0.408. The fourth-order valence-corrected chi connectivity index (χ4v) is 1.92. The van der Waals surface area contributed by atoms with E-state index >= 15 is 0 Å². The van der Waals surface area contributed by atoms with Gasteiger partial charge in [0.1, 0.15) is 11.6 Å². The third kappa shape index (κ3) is 5.66. The van der Waals surface area contributed by atoms with Crippen LogP contribution in [0.1, 0.15) is 44.7 Å². The number of benzene rings is 1. The SMILES string of the molecule is CCCNC(CCOCCC)c1cc(F)ccc1F. The Morgan fingerprint density at radius 2 is 1.95 bits per heavy atom. The van der Waals surface area contributed by atoms with Gasteiger partial charge >= 0.3 is 0 Å². The molecule has 1 rings (SSSR count). The number of hydrogen-bond donors (Lipinski definition) is 1. The van der Waals surface area contributed by atoms with Crippen molar-refractivity contribution in [3.05, 3.63) is 35.4 Å². The molecule has 1 atom stereocenters. The molecule has 4 heteroatoms. The van der Waals surface area contributed by atoms with Crippen molar-refractivity contribution in [1.29, 1.82) is 0 Å². The molecule has 0 aromatic heterocycles. The first-order valence-electron chi connectivity index (χ1n) is 6.95. The molecule has 0 bridgehead atoms. The maximum Gasteiger partial charge on any atom is 0.128 e. The first kappa shape index (κ1) is 16.1. The lowest BCUT2D eigenvalue weighted by molar-refractivity contribution is 0.124. The molecule has 0 aliphatic carbocycles. The predicted molar refractivity (Wildman–Crippen MR) is 73.1 cm³/mol. The zero-order chi connectivity index (χ0) is 14.1. The van der Waals surface area contributed by atoms with Gasteiger partial charge in [0.25, 0.3) is 0 Å². The monoisotopic (exact) mass is 271 g/mol. The molecule has 0 aliphatic rings. The van der Waals surface area contributed by atoms with E-state index in [4.69, 9.17) is 4.74 Å². The first-order valence-corrected chi connectivity index (χ1v) is 6.95. The average molecular weight is 271 g/mol. The molecule has 108 valence electrons. The molecule has 0 heterocycles. The van der Waals surface area contributed by atoms with E-state index < -0.39 is 5.82 Å². The maximum absolute atomic E-state index is 13.8. The van der Waals surface area contributed by atoms with Crippen LogP contribution in [-0.4, -0.2) is 19.8 Å². The lowest BCUT2D eigenvalue weighted by Gasteiger charge is -2.19. The highest BCUT2D eigenvalue weighted by atomic mass is 19.1. The van der Waals surface area contributed by atoms with E-state index in [9.17, 15) is 8.78 Å². The molecule has 1 aromatic carbocycles. The molecular formula is C15H23F2NO. The summed E-state index contributed by atoms with van der Waals surface area (Å²) in [7, 11) is 0. The van der Waals surface area contributed by atoms with Gasteiger partial charge in [-0.3, -0.25) is 0 Å². The first-order chi connectivity index (χ1) is 9.19. The van der Waals surface area contributed by atoms with Crippen molar-refractivity contribution < 1.29 is 13.5 Å². The lowest BCUT2D eigenvalue weighted by Crippen LogP contribution is -2.24. The Labute approximate surface area is 114 Å². The summed E-state index contributed by atoms with van der Waals surface area (Å²) < 4.78 is 32.5. The molecule has 0 saturated carbocycles. The Kier molecular flexibility index (Phi) is 7.60. The van der Waals surface area contributed by atoms with Gasteiger partial charge in [-0.15, -0.1) is 0 Å². The van der Waals surface area contributed by atoms with Gasteiger partial charge in [0, 0.05) is 24.8 Å². The van der Waals surface area contributed by atoms with Crippen molar-refractivity contribution in [3.8, 4) is 0 Å². The summed E-state index contributed by atoms with van der Waals surface area (Å²) in [6.07, 6.45) is 2.55. The zero-order valence-corrected chi connectivity index (χ0v) is 11.7. The average Bonchev–Trinajstić information content (AvgIpc) is 2.41. The molecule has 2 nitrogen and oxygen atoms in total.